The van der Waals surface area contributed by atoms with Gasteiger partial charge in [0.25, 0.3) is 0 Å². The number of amides is 1. The van der Waals surface area contributed by atoms with Crippen LogP contribution >= 0.6 is 11.3 Å². The molecule has 0 bridgehead atoms. The van der Waals surface area contributed by atoms with Crippen molar-refractivity contribution < 1.29 is 4.79 Å². The molecule has 0 spiro atoms. The molecule has 0 aliphatic heterocycles. The van der Waals surface area contributed by atoms with E-state index < -0.39 is 0 Å². The minimum Gasteiger partial charge on any atom is -0.326 e. The van der Waals surface area contributed by atoms with Crippen LogP contribution in [0.15, 0.2) is 35.0 Å². The summed E-state index contributed by atoms with van der Waals surface area (Å²) in [5.74, 6) is 0.0928. The zero-order chi connectivity index (χ0) is 13.7. The van der Waals surface area contributed by atoms with Crippen molar-refractivity contribution in [3.05, 3.63) is 51.7 Å². The van der Waals surface area contributed by atoms with Crippen molar-refractivity contribution in [3.63, 3.8) is 0 Å². The van der Waals surface area contributed by atoms with Gasteiger partial charge in [-0.15, -0.1) is 0 Å². The van der Waals surface area contributed by atoms with Crippen molar-refractivity contribution in [1.29, 1.82) is 0 Å². The topological polar surface area (TPSA) is 29.1 Å². The highest BCUT2D eigenvalue weighted by Gasteiger charge is 2.08. The van der Waals surface area contributed by atoms with Crippen LogP contribution < -0.4 is 5.32 Å². The number of hydrogen-bond acceptors (Lipinski definition) is 2. The quantitative estimate of drug-likeness (QED) is 0.869. The Hall–Kier alpha value is -1.61. The van der Waals surface area contributed by atoms with Crippen molar-refractivity contribution in [2.24, 2.45) is 0 Å². The van der Waals surface area contributed by atoms with Crippen molar-refractivity contribution in [2.75, 3.05) is 5.32 Å². The highest BCUT2D eigenvalue weighted by molar-refractivity contribution is 7.07. The predicted octanol–water partition coefficient (Wildman–Crippen LogP) is 4.19. The second kappa shape index (κ2) is 6.53. The van der Waals surface area contributed by atoms with Crippen molar-refractivity contribution >= 4 is 22.9 Å². The van der Waals surface area contributed by atoms with Crippen LogP contribution in [0.1, 0.15) is 30.0 Å². The standard InChI is InChI=1S/C16H19NOS/c1-3-14-6-4-5-12(2)16(14)17-15(18)8-7-13-9-10-19-11-13/h4-6,9-11H,3,7-8H2,1-2H3,(H,17,18). The molecule has 19 heavy (non-hydrogen) atoms. The van der Waals surface area contributed by atoms with Gasteiger partial charge in [-0.2, -0.15) is 11.3 Å². The van der Waals surface area contributed by atoms with Gasteiger partial charge in [-0.1, -0.05) is 25.1 Å². The van der Waals surface area contributed by atoms with E-state index in [1.165, 1.54) is 11.1 Å². The van der Waals surface area contributed by atoms with E-state index in [-0.39, 0.29) is 5.91 Å². The Labute approximate surface area is 118 Å². The second-order valence-corrected chi connectivity index (χ2v) is 5.42. The van der Waals surface area contributed by atoms with Crippen LogP contribution in [0.25, 0.3) is 0 Å². The van der Waals surface area contributed by atoms with Gasteiger partial charge in [-0.3, -0.25) is 4.79 Å². The molecule has 1 aromatic carbocycles. The molecule has 0 saturated heterocycles. The third-order valence-electron chi connectivity index (χ3n) is 3.23. The van der Waals surface area contributed by atoms with Crippen LogP contribution in [0.3, 0.4) is 0 Å². The summed E-state index contributed by atoms with van der Waals surface area (Å²) >= 11 is 1.67. The summed E-state index contributed by atoms with van der Waals surface area (Å²) in [4.78, 5) is 12.0. The molecule has 2 rings (SSSR count). The maximum Gasteiger partial charge on any atom is 0.224 e. The van der Waals surface area contributed by atoms with E-state index in [2.05, 4.69) is 29.8 Å². The highest BCUT2D eigenvalue weighted by Crippen LogP contribution is 2.21. The molecule has 1 heterocycles. The van der Waals surface area contributed by atoms with Crippen LogP contribution in [0.2, 0.25) is 0 Å². The summed E-state index contributed by atoms with van der Waals surface area (Å²) in [5, 5.41) is 7.20. The molecule has 0 aliphatic rings. The minimum absolute atomic E-state index is 0.0928. The lowest BCUT2D eigenvalue weighted by Crippen LogP contribution is -2.14. The average molecular weight is 273 g/mol. The monoisotopic (exact) mass is 273 g/mol. The molecule has 0 aliphatic carbocycles. The predicted molar refractivity (Wildman–Crippen MR) is 81.8 cm³/mol. The molecule has 0 saturated carbocycles. The summed E-state index contributed by atoms with van der Waals surface area (Å²) < 4.78 is 0. The summed E-state index contributed by atoms with van der Waals surface area (Å²) in [6.45, 7) is 4.14. The zero-order valence-corrected chi connectivity index (χ0v) is 12.2. The van der Waals surface area contributed by atoms with Gasteiger partial charge in [0.15, 0.2) is 0 Å². The molecular weight excluding hydrogens is 254 g/mol. The van der Waals surface area contributed by atoms with Crippen molar-refractivity contribution in [1.82, 2.24) is 0 Å². The van der Waals surface area contributed by atoms with E-state index in [1.54, 1.807) is 11.3 Å². The first kappa shape index (κ1) is 13.8. The molecule has 3 heteroatoms. The Morgan fingerprint density at radius 1 is 1.32 bits per heavy atom. The summed E-state index contributed by atoms with van der Waals surface area (Å²) in [5.41, 5.74) is 4.55. The van der Waals surface area contributed by atoms with Crippen LogP contribution in [0.4, 0.5) is 5.69 Å². The van der Waals surface area contributed by atoms with Gasteiger partial charge in [-0.25, -0.2) is 0 Å². The largest absolute Gasteiger partial charge is 0.326 e. The first-order valence-electron chi connectivity index (χ1n) is 6.60. The molecule has 100 valence electrons. The third kappa shape index (κ3) is 3.67. The summed E-state index contributed by atoms with van der Waals surface area (Å²) in [6.07, 6.45) is 2.28. The Morgan fingerprint density at radius 2 is 2.16 bits per heavy atom. The number of para-hydroxylation sites is 1. The van der Waals surface area contributed by atoms with E-state index in [1.807, 2.05) is 24.4 Å². The van der Waals surface area contributed by atoms with Crippen LogP contribution in [0, 0.1) is 6.92 Å². The molecule has 0 fully saturated rings. The molecular formula is C16H19NOS. The number of hydrogen-bond donors (Lipinski definition) is 1. The lowest BCUT2D eigenvalue weighted by atomic mass is 10.1. The van der Waals surface area contributed by atoms with Crippen LogP contribution in [-0.4, -0.2) is 5.91 Å². The second-order valence-electron chi connectivity index (χ2n) is 4.64. The van der Waals surface area contributed by atoms with Crippen molar-refractivity contribution in [2.45, 2.75) is 33.1 Å². The summed E-state index contributed by atoms with van der Waals surface area (Å²) in [7, 11) is 0. The number of thiophene rings is 1. The van der Waals surface area contributed by atoms with E-state index in [9.17, 15) is 4.79 Å². The molecule has 2 nitrogen and oxygen atoms in total. The molecule has 1 amide bonds. The first-order valence-corrected chi connectivity index (χ1v) is 7.54. The number of carbonyl (C=O) groups is 1. The number of benzene rings is 1. The zero-order valence-electron chi connectivity index (χ0n) is 11.4. The lowest BCUT2D eigenvalue weighted by molar-refractivity contribution is -0.116. The Morgan fingerprint density at radius 3 is 2.84 bits per heavy atom. The molecule has 2 aromatic rings. The Balaban J connectivity index is 1.99. The fourth-order valence-electron chi connectivity index (χ4n) is 2.10. The number of nitrogens with one attached hydrogen (secondary N) is 1. The van der Waals surface area contributed by atoms with E-state index in [0.717, 1.165) is 24.1 Å². The third-order valence-corrected chi connectivity index (χ3v) is 3.96. The van der Waals surface area contributed by atoms with E-state index in [4.69, 9.17) is 0 Å². The number of aryl methyl sites for hydroxylation is 3. The van der Waals surface area contributed by atoms with Crippen LogP contribution in [-0.2, 0) is 17.6 Å². The first-order chi connectivity index (χ1) is 9.20. The van der Waals surface area contributed by atoms with Gasteiger partial charge >= 0.3 is 0 Å². The lowest BCUT2D eigenvalue weighted by Gasteiger charge is -2.12. The normalized spacial score (nSPS) is 10.4. The van der Waals surface area contributed by atoms with Gasteiger partial charge in [0.05, 0.1) is 0 Å². The van der Waals surface area contributed by atoms with Gasteiger partial charge in [-0.05, 0) is 53.3 Å². The molecule has 1 aromatic heterocycles. The molecule has 1 N–H and O–H groups in total. The number of carbonyl (C=O) groups excluding carboxylic acids is 1. The fourth-order valence-corrected chi connectivity index (χ4v) is 2.80. The van der Waals surface area contributed by atoms with Crippen molar-refractivity contribution in [3.8, 4) is 0 Å². The smallest absolute Gasteiger partial charge is 0.224 e. The van der Waals surface area contributed by atoms with Crippen LogP contribution in [0.5, 0.6) is 0 Å². The highest BCUT2D eigenvalue weighted by atomic mass is 32.1. The fraction of sp³-hybridized carbons (Fsp3) is 0.312. The minimum atomic E-state index is 0.0928. The Kier molecular flexibility index (Phi) is 4.74. The molecule has 0 radical (unpaired) electrons. The van der Waals surface area contributed by atoms with E-state index in [0.29, 0.717) is 6.42 Å². The van der Waals surface area contributed by atoms with E-state index >= 15 is 0 Å². The maximum atomic E-state index is 12.0. The van der Waals surface area contributed by atoms with Gasteiger partial charge in [0.1, 0.15) is 0 Å². The number of anilines is 1. The molecule has 0 atom stereocenters. The maximum absolute atomic E-state index is 12.0. The van der Waals surface area contributed by atoms with Gasteiger partial charge < -0.3 is 5.32 Å². The van der Waals surface area contributed by atoms with Gasteiger partial charge in [0, 0.05) is 12.1 Å². The summed E-state index contributed by atoms with van der Waals surface area (Å²) in [6, 6.07) is 8.22. The Bertz CT molecular complexity index is 546. The average Bonchev–Trinajstić information content (AvgIpc) is 2.92. The SMILES string of the molecule is CCc1cccc(C)c1NC(=O)CCc1ccsc1. The molecule has 0 unspecified atom stereocenters. The number of rotatable bonds is 5. The van der Waals surface area contributed by atoms with Gasteiger partial charge in [0.2, 0.25) is 5.91 Å².